The van der Waals surface area contributed by atoms with Crippen LogP contribution < -0.4 is 5.48 Å². The first kappa shape index (κ1) is 18.5. The van der Waals surface area contributed by atoms with Crippen molar-refractivity contribution in [3.8, 4) is 0 Å². The summed E-state index contributed by atoms with van der Waals surface area (Å²) in [6.45, 7) is 1.73. The number of nitrogens with one attached hydrogen (secondary N) is 1. The van der Waals surface area contributed by atoms with E-state index in [4.69, 9.17) is 9.94 Å². The number of hydroxylamine groups is 1. The van der Waals surface area contributed by atoms with Gasteiger partial charge in [-0.15, -0.1) is 0 Å². The molecular weight excluding hydrogens is 337 g/mol. The van der Waals surface area contributed by atoms with Crippen LogP contribution in [0.15, 0.2) is 30.5 Å². The third-order valence-electron chi connectivity index (χ3n) is 4.91. The molecule has 26 heavy (non-hydrogen) atoms. The fourth-order valence-corrected chi connectivity index (χ4v) is 3.37. The summed E-state index contributed by atoms with van der Waals surface area (Å²) in [5.74, 6) is -0.892. The summed E-state index contributed by atoms with van der Waals surface area (Å²) in [6.07, 6.45) is 4.10. The molecule has 0 radical (unpaired) electrons. The van der Waals surface area contributed by atoms with Gasteiger partial charge in [0, 0.05) is 24.9 Å². The first-order chi connectivity index (χ1) is 12.5. The lowest BCUT2D eigenvalue weighted by atomic mass is 9.88. The first-order valence-electron chi connectivity index (χ1n) is 8.77. The maximum atomic E-state index is 13.6. The Hall–Kier alpha value is -2.25. The molecule has 2 atom stereocenters. The van der Waals surface area contributed by atoms with Crippen LogP contribution in [0.25, 0.3) is 0 Å². The number of carbonyl (C=O) groups is 1. The van der Waals surface area contributed by atoms with Gasteiger partial charge in [-0.25, -0.2) is 9.87 Å². The number of aryl methyl sites for hydroxylation is 1. The van der Waals surface area contributed by atoms with Crippen LogP contribution in [-0.4, -0.2) is 34.1 Å². The van der Waals surface area contributed by atoms with Crippen molar-refractivity contribution < 1.29 is 19.1 Å². The van der Waals surface area contributed by atoms with E-state index >= 15 is 0 Å². The number of halogens is 1. The predicted octanol–water partition coefficient (Wildman–Crippen LogP) is 2.90. The van der Waals surface area contributed by atoms with Crippen molar-refractivity contribution in [2.24, 2.45) is 0 Å². The van der Waals surface area contributed by atoms with Gasteiger partial charge >= 0.3 is 0 Å². The predicted molar refractivity (Wildman–Crippen MR) is 93.4 cm³/mol. The van der Waals surface area contributed by atoms with Crippen LogP contribution in [0.3, 0.4) is 0 Å². The Morgan fingerprint density at radius 2 is 2.23 bits per heavy atom. The highest BCUT2D eigenvalue weighted by Gasteiger charge is 2.33. The number of hydrogen-bond donors (Lipinski definition) is 2. The summed E-state index contributed by atoms with van der Waals surface area (Å²) in [5, 5.41) is 13.3. The zero-order chi connectivity index (χ0) is 18.7. The summed E-state index contributed by atoms with van der Waals surface area (Å²) in [6, 6.07) is 7.37. The third kappa shape index (κ3) is 4.11. The third-order valence-corrected chi connectivity index (χ3v) is 4.91. The Kier molecular flexibility index (Phi) is 5.68. The van der Waals surface area contributed by atoms with E-state index in [1.54, 1.807) is 31.8 Å². The number of ether oxygens (including phenoxy) is 1. The summed E-state index contributed by atoms with van der Waals surface area (Å²) in [5.41, 5.74) is 4.21. The summed E-state index contributed by atoms with van der Waals surface area (Å²) in [4.78, 5) is 11.7. The highest BCUT2D eigenvalue weighted by Crippen LogP contribution is 2.38. The molecular formula is C19H24FN3O3. The number of amides is 1. The summed E-state index contributed by atoms with van der Waals surface area (Å²) < 4.78 is 21.2. The second-order valence-electron chi connectivity index (χ2n) is 6.84. The molecule has 1 aromatic carbocycles. The second-order valence-corrected chi connectivity index (χ2v) is 6.84. The fraction of sp³-hybridized carbons (Fsp3) is 0.474. The number of hydrogen-bond acceptors (Lipinski definition) is 4. The highest BCUT2D eigenvalue weighted by molar-refractivity contribution is 5.75. The van der Waals surface area contributed by atoms with Crippen LogP contribution in [0, 0.1) is 12.7 Å². The lowest BCUT2D eigenvalue weighted by Gasteiger charge is -2.26. The SMILES string of the molecule is COC(CC(=O)NO)[C@H](Cc1ccc(F)c(C)c1)c1ccnn1C1CC1. The van der Waals surface area contributed by atoms with Gasteiger partial charge in [0.15, 0.2) is 0 Å². The first-order valence-corrected chi connectivity index (χ1v) is 8.77. The van der Waals surface area contributed by atoms with Crippen molar-refractivity contribution >= 4 is 5.91 Å². The zero-order valence-electron chi connectivity index (χ0n) is 15.0. The van der Waals surface area contributed by atoms with Crippen LogP contribution >= 0.6 is 0 Å². The van der Waals surface area contributed by atoms with Gasteiger partial charge in [-0.05, 0) is 49.4 Å². The van der Waals surface area contributed by atoms with Crippen LogP contribution in [-0.2, 0) is 16.0 Å². The van der Waals surface area contributed by atoms with Crippen LogP contribution in [0.5, 0.6) is 0 Å². The molecule has 1 aliphatic carbocycles. The molecule has 0 aliphatic heterocycles. The van der Waals surface area contributed by atoms with Gasteiger partial charge < -0.3 is 4.74 Å². The molecule has 1 unspecified atom stereocenters. The number of rotatable bonds is 8. The van der Waals surface area contributed by atoms with E-state index < -0.39 is 12.0 Å². The summed E-state index contributed by atoms with van der Waals surface area (Å²) >= 11 is 0. The van der Waals surface area contributed by atoms with E-state index in [0.717, 1.165) is 24.1 Å². The van der Waals surface area contributed by atoms with Gasteiger partial charge in [0.1, 0.15) is 5.82 Å². The van der Waals surface area contributed by atoms with E-state index in [2.05, 4.69) is 5.10 Å². The van der Waals surface area contributed by atoms with Crippen LogP contribution in [0.2, 0.25) is 0 Å². The van der Waals surface area contributed by atoms with Gasteiger partial charge in [0.05, 0.1) is 18.6 Å². The molecule has 7 heteroatoms. The molecule has 1 saturated carbocycles. The van der Waals surface area contributed by atoms with Crippen molar-refractivity contribution in [2.45, 2.75) is 50.7 Å². The molecule has 3 rings (SSSR count). The van der Waals surface area contributed by atoms with Gasteiger partial charge in [-0.2, -0.15) is 5.10 Å². The monoisotopic (exact) mass is 361 g/mol. The standard InChI is InChI=1S/C19H24FN3O3/c1-12-9-13(3-6-16(12)20)10-15(18(26-2)11-19(24)22-25)17-7-8-21-23(17)14-4-5-14/h3,6-9,14-15,18,25H,4-5,10-11H2,1-2H3,(H,22,24)/t15-,18?/m1/s1. The molecule has 1 fully saturated rings. The number of methoxy groups -OCH3 is 1. The van der Waals surface area contributed by atoms with Crippen molar-refractivity contribution in [1.82, 2.24) is 15.3 Å². The van der Waals surface area contributed by atoms with Gasteiger partial charge in [-0.3, -0.25) is 14.7 Å². The molecule has 6 nitrogen and oxygen atoms in total. The number of aromatic nitrogens is 2. The number of nitrogens with zero attached hydrogens (tertiary/aromatic N) is 2. The topological polar surface area (TPSA) is 76.4 Å². The van der Waals surface area contributed by atoms with Crippen molar-refractivity contribution in [1.29, 1.82) is 0 Å². The Balaban J connectivity index is 1.92. The van der Waals surface area contributed by atoms with Crippen molar-refractivity contribution in [3.05, 3.63) is 53.1 Å². The number of benzene rings is 1. The Bertz CT molecular complexity index is 773. The Labute approximate surface area is 151 Å². The minimum absolute atomic E-state index is 0.0215. The van der Waals surface area contributed by atoms with E-state index in [9.17, 15) is 9.18 Å². The van der Waals surface area contributed by atoms with Crippen molar-refractivity contribution in [2.75, 3.05) is 7.11 Å². The van der Waals surface area contributed by atoms with Gasteiger partial charge in [-0.1, -0.05) is 12.1 Å². The van der Waals surface area contributed by atoms with Gasteiger partial charge in [0.25, 0.3) is 0 Å². The molecule has 1 heterocycles. The average molecular weight is 361 g/mol. The zero-order valence-corrected chi connectivity index (χ0v) is 15.0. The minimum Gasteiger partial charge on any atom is -0.380 e. The Morgan fingerprint density at radius 3 is 2.85 bits per heavy atom. The minimum atomic E-state index is -0.505. The largest absolute Gasteiger partial charge is 0.380 e. The number of carbonyl (C=O) groups excluding carboxylic acids is 1. The molecule has 2 N–H and O–H groups in total. The van der Waals surface area contributed by atoms with E-state index in [1.807, 2.05) is 16.8 Å². The molecule has 0 spiro atoms. The van der Waals surface area contributed by atoms with E-state index in [1.165, 1.54) is 6.07 Å². The highest BCUT2D eigenvalue weighted by atomic mass is 19.1. The van der Waals surface area contributed by atoms with Crippen LogP contribution in [0.4, 0.5) is 4.39 Å². The maximum absolute atomic E-state index is 13.6. The van der Waals surface area contributed by atoms with Crippen molar-refractivity contribution in [3.63, 3.8) is 0 Å². The molecule has 2 aromatic rings. The maximum Gasteiger partial charge on any atom is 0.245 e. The molecule has 0 bridgehead atoms. The summed E-state index contributed by atoms with van der Waals surface area (Å²) in [7, 11) is 1.55. The molecule has 1 aromatic heterocycles. The smallest absolute Gasteiger partial charge is 0.245 e. The Morgan fingerprint density at radius 1 is 1.46 bits per heavy atom. The molecule has 1 amide bonds. The normalized spacial score (nSPS) is 16.3. The van der Waals surface area contributed by atoms with Crippen LogP contribution in [0.1, 0.15) is 48.0 Å². The lowest BCUT2D eigenvalue weighted by molar-refractivity contribution is -0.132. The quantitative estimate of drug-likeness (QED) is 0.560. The fourth-order valence-electron chi connectivity index (χ4n) is 3.37. The molecule has 140 valence electrons. The molecule has 1 aliphatic rings. The van der Waals surface area contributed by atoms with E-state index in [-0.39, 0.29) is 18.2 Å². The van der Waals surface area contributed by atoms with E-state index in [0.29, 0.717) is 18.0 Å². The average Bonchev–Trinajstić information content (AvgIpc) is 3.37. The molecule has 0 saturated heterocycles. The second kappa shape index (κ2) is 7.97. The van der Waals surface area contributed by atoms with Gasteiger partial charge in [0.2, 0.25) is 5.91 Å². The lowest BCUT2D eigenvalue weighted by Crippen LogP contribution is -2.32.